The third-order valence-electron chi connectivity index (χ3n) is 2.84. The second kappa shape index (κ2) is 4.34. The first-order valence-electron chi connectivity index (χ1n) is 5.60. The van der Waals surface area contributed by atoms with E-state index in [1.165, 1.54) is 0 Å². The van der Waals surface area contributed by atoms with Crippen molar-refractivity contribution in [2.24, 2.45) is 0 Å². The molecule has 1 aromatic carbocycles. The summed E-state index contributed by atoms with van der Waals surface area (Å²) in [7, 11) is 1.95. The molecule has 3 rings (SSSR count). The van der Waals surface area contributed by atoms with Gasteiger partial charge in [0.2, 0.25) is 5.28 Å². The minimum atomic E-state index is 0.239. The predicted molar refractivity (Wildman–Crippen MR) is 73.7 cm³/mol. The highest BCUT2D eigenvalue weighted by Gasteiger charge is 2.21. The molecule has 0 aliphatic carbocycles. The molecular formula is C12H12ClN5. The lowest BCUT2D eigenvalue weighted by atomic mass is 10.3. The van der Waals surface area contributed by atoms with Crippen LogP contribution in [0, 0.1) is 0 Å². The first kappa shape index (κ1) is 11.1. The number of aromatic nitrogens is 2. The van der Waals surface area contributed by atoms with Crippen molar-refractivity contribution in [2.45, 2.75) is 0 Å². The molecule has 2 heterocycles. The van der Waals surface area contributed by atoms with E-state index in [1.54, 1.807) is 0 Å². The van der Waals surface area contributed by atoms with E-state index in [0.29, 0.717) is 6.67 Å². The molecule has 0 atom stereocenters. The molecule has 0 bridgehead atoms. The monoisotopic (exact) mass is 261 g/mol. The van der Waals surface area contributed by atoms with Crippen LogP contribution in [0.2, 0.25) is 5.28 Å². The van der Waals surface area contributed by atoms with E-state index >= 15 is 0 Å². The third kappa shape index (κ3) is 1.82. The summed E-state index contributed by atoms with van der Waals surface area (Å²) in [5, 5.41) is 6.56. The molecule has 0 unspecified atom stereocenters. The zero-order valence-electron chi connectivity index (χ0n) is 9.81. The Morgan fingerprint density at radius 1 is 1.17 bits per heavy atom. The van der Waals surface area contributed by atoms with Gasteiger partial charge in [0.15, 0.2) is 11.6 Å². The van der Waals surface area contributed by atoms with Crippen molar-refractivity contribution in [3.63, 3.8) is 0 Å². The number of fused-ring (bicyclic) bond motifs is 1. The van der Waals surface area contributed by atoms with Gasteiger partial charge in [0.1, 0.15) is 5.69 Å². The van der Waals surface area contributed by atoms with Gasteiger partial charge in [0, 0.05) is 12.7 Å². The smallest absolute Gasteiger partial charge is 0.226 e. The van der Waals surface area contributed by atoms with E-state index in [1.807, 2.05) is 42.3 Å². The van der Waals surface area contributed by atoms with E-state index in [2.05, 4.69) is 20.6 Å². The molecule has 0 saturated heterocycles. The molecule has 0 spiro atoms. The third-order valence-corrected chi connectivity index (χ3v) is 3.01. The molecule has 0 amide bonds. The lowest BCUT2D eigenvalue weighted by molar-refractivity contribution is 1.09. The fourth-order valence-corrected chi connectivity index (χ4v) is 2.11. The highest BCUT2D eigenvalue weighted by molar-refractivity contribution is 6.28. The summed E-state index contributed by atoms with van der Waals surface area (Å²) < 4.78 is 0. The van der Waals surface area contributed by atoms with Crippen molar-refractivity contribution >= 4 is 34.6 Å². The number of hydrogen-bond donors (Lipinski definition) is 2. The Labute approximate surface area is 110 Å². The molecule has 0 radical (unpaired) electrons. The van der Waals surface area contributed by atoms with Crippen LogP contribution in [0.5, 0.6) is 0 Å². The van der Waals surface area contributed by atoms with Gasteiger partial charge in [-0.15, -0.1) is 0 Å². The van der Waals surface area contributed by atoms with E-state index in [-0.39, 0.29) is 5.28 Å². The van der Waals surface area contributed by atoms with Gasteiger partial charge in [-0.05, 0) is 23.7 Å². The Kier molecular flexibility index (Phi) is 2.68. The van der Waals surface area contributed by atoms with Crippen molar-refractivity contribution in [3.8, 4) is 0 Å². The quantitative estimate of drug-likeness (QED) is 0.814. The van der Waals surface area contributed by atoms with Crippen molar-refractivity contribution in [1.29, 1.82) is 0 Å². The van der Waals surface area contributed by atoms with E-state index in [9.17, 15) is 0 Å². The van der Waals surface area contributed by atoms with Crippen molar-refractivity contribution < 1.29 is 0 Å². The normalized spacial score (nSPS) is 12.6. The Hall–Kier alpha value is -2.01. The molecule has 2 aromatic rings. The van der Waals surface area contributed by atoms with E-state index in [4.69, 9.17) is 11.6 Å². The summed E-state index contributed by atoms with van der Waals surface area (Å²) in [6.07, 6.45) is 0. The molecule has 6 heteroatoms. The van der Waals surface area contributed by atoms with Gasteiger partial charge >= 0.3 is 0 Å². The zero-order valence-corrected chi connectivity index (χ0v) is 10.6. The number of anilines is 4. The second-order valence-electron chi connectivity index (χ2n) is 3.96. The highest BCUT2D eigenvalue weighted by Crippen LogP contribution is 2.36. The van der Waals surface area contributed by atoms with Crippen LogP contribution >= 0.6 is 11.6 Å². The Morgan fingerprint density at radius 2 is 1.94 bits per heavy atom. The SMILES string of the molecule is CN(c1ccccc1)c1nc(Cl)nc2c1NCN2. The van der Waals surface area contributed by atoms with Crippen molar-refractivity contribution in [3.05, 3.63) is 35.6 Å². The maximum atomic E-state index is 5.94. The number of para-hydroxylation sites is 1. The van der Waals surface area contributed by atoms with Gasteiger partial charge in [-0.2, -0.15) is 9.97 Å². The van der Waals surface area contributed by atoms with Gasteiger partial charge in [0.25, 0.3) is 0 Å². The average Bonchev–Trinajstić information content (AvgIpc) is 2.86. The summed E-state index contributed by atoms with van der Waals surface area (Å²) in [5.74, 6) is 1.51. The summed E-state index contributed by atoms with van der Waals surface area (Å²) in [6.45, 7) is 0.639. The molecule has 18 heavy (non-hydrogen) atoms. The zero-order chi connectivity index (χ0) is 12.5. The summed E-state index contributed by atoms with van der Waals surface area (Å²) in [5.41, 5.74) is 1.92. The first-order chi connectivity index (χ1) is 8.75. The van der Waals surface area contributed by atoms with Crippen LogP contribution < -0.4 is 15.5 Å². The van der Waals surface area contributed by atoms with Crippen LogP contribution in [-0.2, 0) is 0 Å². The summed E-state index contributed by atoms with van der Waals surface area (Å²) >= 11 is 5.94. The number of nitrogens with zero attached hydrogens (tertiary/aromatic N) is 3. The number of benzene rings is 1. The van der Waals surface area contributed by atoms with Gasteiger partial charge < -0.3 is 15.5 Å². The maximum absolute atomic E-state index is 5.94. The molecule has 0 fully saturated rings. The van der Waals surface area contributed by atoms with Gasteiger partial charge in [0.05, 0.1) is 6.67 Å². The fourth-order valence-electron chi connectivity index (χ4n) is 1.95. The average molecular weight is 262 g/mol. The van der Waals surface area contributed by atoms with Gasteiger partial charge in [-0.3, -0.25) is 0 Å². The van der Waals surface area contributed by atoms with Crippen LogP contribution in [0.3, 0.4) is 0 Å². The molecule has 1 aliphatic rings. The summed E-state index contributed by atoms with van der Waals surface area (Å²) in [4.78, 5) is 10.4. The molecule has 0 saturated carbocycles. The minimum Gasteiger partial charge on any atom is -0.362 e. The molecule has 2 N–H and O–H groups in total. The molecule has 92 valence electrons. The van der Waals surface area contributed by atoms with Gasteiger partial charge in [-0.25, -0.2) is 0 Å². The van der Waals surface area contributed by atoms with Crippen LogP contribution in [-0.4, -0.2) is 23.7 Å². The molecule has 1 aromatic heterocycles. The first-order valence-corrected chi connectivity index (χ1v) is 5.97. The van der Waals surface area contributed by atoms with Crippen LogP contribution in [0.1, 0.15) is 0 Å². The second-order valence-corrected chi connectivity index (χ2v) is 4.30. The summed E-state index contributed by atoms with van der Waals surface area (Å²) in [6, 6.07) is 9.99. The predicted octanol–water partition coefficient (Wildman–Crippen LogP) is 2.69. The number of nitrogens with one attached hydrogen (secondary N) is 2. The Morgan fingerprint density at radius 3 is 2.72 bits per heavy atom. The van der Waals surface area contributed by atoms with E-state index in [0.717, 1.165) is 23.0 Å². The molecule has 5 nitrogen and oxygen atoms in total. The maximum Gasteiger partial charge on any atom is 0.226 e. The minimum absolute atomic E-state index is 0.239. The standard InChI is InChI=1S/C12H12ClN5/c1-18(8-5-3-2-4-6-8)11-9-10(15-7-14-9)16-12(13)17-11/h2-6,14H,7H2,1H3,(H,15,16,17). The fraction of sp³-hybridized carbons (Fsp3) is 0.167. The number of hydrogen-bond acceptors (Lipinski definition) is 5. The number of halogens is 1. The number of rotatable bonds is 2. The topological polar surface area (TPSA) is 53.1 Å². The van der Waals surface area contributed by atoms with Crippen molar-refractivity contribution in [1.82, 2.24) is 9.97 Å². The van der Waals surface area contributed by atoms with E-state index < -0.39 is 0 Å². The lowest BCUT2D eigenvalue weighted by Gasteiger charge is -2.20. The molecule has 1 aliphatic heterocycles. The Balaban J connectivity index is 2.07. The highest BCUT2D eigenvalue weighted by atomic mass is 35.5. The van der Waals surface area contributed by atoms with Crippen LogP contribution in [0.25, 0.3) is 0 Å². The van der Waals surface area contributed by atoms with Crippen molar-refractivity contribution in [2.75, 3.05) is 29.2 Å². The van der Waals surface area contributed by atoms with Gasteiger partial charge in [-0.1, -0.05) is 18.2 Å². The molecular weight excluding hydrogens is 250 g/mol. The van der Waals surface area contributed by atoms with Crippen LogP contribution in [0.4, 0.5) is 23.0 Å². The largest absolute Gasteiger partial charge is 0.362 e. The Bertz CT molecular complexity index is 572. The van der Waals surface area contributed by atoms with Crippen LogP contribution in [0.15, 0.2) is 30.3 Å². The lowest BCUT2D eigenvalue weighted by Crippen LogP contribution is -2.13.